The lowest BCUT2D eigenvalue weighted by atomic mass is 9.49. The first-order valence-corrected chi connectivity index (χ1v) is 9.70. The summed E-state index contributed by atoms with van der Waals surface area (Å²) < 4.78 is 11.9. The van der Waals surface area contributed by atoms with Crippen molar-refractivity contribution in [2.75, 3.05) is 13.2 Å². The number of Topliss-reactive ketones (excluding diaryl/α,β-unsaturated/α-hetero) is 1. The van der Waals surface area contributed by atoms with E-state index < -0.39 is 5.79 Å². The molecule has 4 aliphatic carbocycles. The number of ketones is 1. The van der Waals surface area contributed by atoms with Crippen LogP contribution < -0.4 is 0 Å². The Hall–Kier alpha value is -0.930. The van der Waals surface area contributed by atoms with Crippen molar-refractivity contribution in [2.24, 2.45) is 28.6 Å². The van der Waals surface area contributed by atoms with Crippen molar-refractivity contribution in [1.29, 1.82) is 0 Å². The average molecular weight is 328 g/mol. The summed E-state index contributed by atoms with van der Waals surface area (Å²) in [7, 11) is 0. The van der Waals surface area contributed by atoms with Crippen LogP contribution in [0.1, 0.15) is 52.4 Å². The quantitative estimate of drug-likeness (QED) is 0.673. The summed E-state index contributed by atoms with van der Waals surface area (Å²) in [6.45, 7) is 6.10. The summed E-state index contributed by atoms with van der Waals surface area (Å²) in [5.74, 6) is 1.83. The van der Waals surface area contributed by atoms with Crippen molar-refractivity contribution < 1.29 is 14.3 Å². The maximum absolute atomic E-state index is 12.5. The number of carbonyl (C=O) groups is 1. The van der Waals surface area contributed by atoms with Gasteiger partial charge in [-0.15, -0.1) is 0 Å². The highest BCUT2D eigenvalue weighted by atomic mass is 16.7. The molecule has 0 aromatic heterocycles. The zero-order valence-electron chi connectivity index (χ0n) is 14.8. The van der Waals surface area contributed by atoms with Crippen LogP contribution in [0.3, 0.4) is 0 Å². The molecular formula is C21H28O3. The Bertz CT molecular complexity index is 641. The van der Waals surface area contributed by atoms with Crippen molar-refractivity contribution >= 4 is 5.78 Å². The van der Waals surface area contributed by atoms with Crippen LogP contribution >= 0.6 is 0 Å². The molecule has 0 unspecified atom stereocenters. The first kappa shape index (κ1) is 15.3. The van der Waals surface area contributed by atoms with Gasteiger partial charge in [0.05, 0.1) is 13.2 Å². The fraction of sp³-hybridized carbons (Fsp3) is 0.762. The zero-order valence-corrected chi connectivity index (χ0v) is 14.8. The van der Waals surface area contributed by atoms with Gasteiger partial charge in [0.15, 0.2) is 5.79 Å². The van der Waals surface area contributed by atoms with Gasteiger partial charge in [-0.05, 0) is 60.5 Å². The molecule has 5 rings (SSSR count). The molecular weight excluding hydrogens is 300 g/mol. The van der Waals surface area contributed by atoms with Crippen LogP contribution in [-0.2, 0) is 14.3 Å². The molecule has 1 aliphatic heterocycles. The summed E-state index contributed by atoms with van der Waals surface area (Å²) in [6.07, 6.45) is 13.3. The van der Waals surface area contributed by atoms with E-state index in [0.29, 0.717) is 36.8 Å². The Morgan fingerprint density at radius 3 is 2.54 bits per heavy atom. The standard InChI is InChI=1S/C21H28O3/c1-19-9-10-21(23-11-12-24-21)13-14(19)3-4-15-16-5-6-18(22)20(16,2)8-7-17(15)19/h3-4,13,15-17H,5-12H2,1-2H3/t15-,16-,17-,19-,20-/m0/s1. The minimum absolute atomic E-state index is 0.0589. The van der Waals surface area contributed by atoms with Gasteiger partial charge in [-0.1, -0.05) is 26.0 Å². The monoisotopic (exact) mass is 328 g/mol. The number of ether oxygens (including phenoxy) is 2. The van der Waals surface area contributed by atoms with Crippen LogP contribution in [0.4, 0.5) is 0 Å². The summed E-state index contributed by atoms with van der Waals surface area (Å²) in [5, 5.41) is 0. The highest BCUT2D eigenvalue weighted by Gasteiger charge is 2.59. The molecule has 0 aromatic carbocycles. The topological polar surface area (TPSA) is 35.5 Å². The average Bonchev–Trinajstić information content (AvgIpc) is 3.14. The van der Waals surface area contributed by atoms with Crippen molar-refractivity contribution in [1.82, 2.24) is 0 Å². The zero-order chi connectivity index (χ0) is 16.6. The molecule has 0 radical (unpaired) electrons. The van der Waals surface area contributed by atoms with Crippen LogP contribution in [0.25, 0.3) is 0 Å². The van der Waals surface area contributed by atoms with E-state index in [1.807, 2.05) is 0 Å². The first-order chi connectivity index (χ1) is 11.5. The molecule has 130 valence electrons. The fourth-order valence-electron chi connectivity index (χ4n) is 6.58. The second-order valence-electron chi connectivity index (χ2n) is 9.09. The van der Waals surface area contributed by atoms with Crippen LogP contribution in [0.15, 0.2) is 23.8 Å². The van der Waals surface area contributed by atoms with Crippen molar-refractivity contribution in [3.05, 3.63) is 23.8 Å². The fourth-order valence-corrected chi connectivity index (χ4v) is 6.58. The molecule has 0 aromatic rings. The van der Waals surface area contributed by atoms with Crippen LogP contribution in [-0.4, -0.2) is 24.8 Å². The van der Waals surface area contributed by atoms with Crippen molar-refractivity contribution in [3.8, 4) is 0 Å². The Morgan fingerprint density at radius 1 is 1.00 bits per heavy atom. The molecule has 0 amide bonds. The lowest BCUT2D eigenvalue weighted by Gasteiger charge is -2.55. The Balaban J connectivity index is 1.54. The Kier molecular flexibility index (Phi) is 3.08. The van der Waals surface area contributed by atoms with E-state index in [4.69, 9.17) is 9.47 Å². The van der Waals surface area contributed by atoms with Gasteiger partial charge >= 0.3 is 0 Å². The molecule has 3 nitrogen and oxygen atoms in total. The van der Waals surface area contributed by atoms with Gasteiger partial charge in [-0.25, -0.2) is 0 Å². The van der Waals surface area contributed by atoms with Gasteiger partial charge in [0.1, 0.15) is 5.78 Å². The molecule has 2 saturated carbocycles. The number of allylic oxidation sites excluding steroid dienone is 3. The Morgan fingerprint density at radius 2 is 1.75 bits per heavy atom. The third-order valence-electron chi connectivity index (χ3n) is 8.16. The van der Waals surface area contributed by atoms with Crippen LogP contribution in [0, 0.1) is 28.6 Å². The summed E-state index contributed by atoms with van der Waals surface area (Å²) in [4.78, 5) is 12.5. The molecule has 1 heterocycles. The lowest BCUT2D eigenvalue weighted by molar-refractivity contribution is -0.140. The second-order valence-corrected chi connectivity index (χ2v) is 9.09. The van der Waals surface area contributed by atoms with Crippen LogP contribution in [0.2, 0.25) is 0 Å². The largest absolute Gasteiger partial charge is 0.344 e. The molecule has 5 atom stereocenters. The smallest absolute Gasteiger partial charge is 0.188 e. The van der Waals surface area contributed by atoms with E-state index in [9.17, 15) is 4.79 Å². The maximum Gasteiger partial charge on any atom is 0.188 e. The molecule has 1 saturated heterocycles. The predicted octanol–water partition coefficient (Wildman–Crippen LogP) is 4.04. The third-order valence-corrected chi connectivity index (χ3v) is 8.16. The normalized spacial score (nSPS) is 48.8. The number of fused-ring (bicyclic) bond motifs is 5. The van der Waals surface area contributed by atoms with Gasteiger partial charge in [0, 0.05) is 18.3 Å². The molecule has 0 bridgehead atoms. The highest BCUT2D eigenvalue weighted by Crippen LogP contribution is 2.63. The van der Waals surface area contributed by atoms with E-state index >= 15 is 0 Å². The molecule has 1 spiro atoms. The highest BCUT2D eigenvalue weighted by molar-refractivity contribution is 5.87. The summed E-state index contributed by atoms with van der Waals surface area (Å²) in [6, 6.07) is 0. The number of carbonyl (C=O) groups excluding carboxylic acids is 1. The number of rotatable bonds is 0. The van der Waals surface area contributed by atoms with Crippen molar-refractivity contribution in [3.63, 3.8) is 0 Å². The minimum Gasteiger partial charge on any atom is -0.344 e. The van der Waals surface area contributed by atoms with E-state index in [0.717, 1.165) is 32.1 Å². The predicted molar refractivity (Wildman–Crippen MR) is 91.3 cm³/mol. The van der Waals surface area contributed by atoms with Gasteiger partial charge in [0.25, 0.3) is 0 Å². The van der Waals surface area contributed by atoms with E-state index in [-0.39, 0.29) is 10.8 Å². The molecule has 24 heavy (non-hydrogen) atoms. The number of hydrogen-bond donors (Lipinski definition) is 0. The van der Waals surface area contributed by atoms with E-state index in [2.05, 4.69) is 32.1 Å². The van der Waals surface area contributed by atoms with Gasteiger partial charge in [-0.2, -0.15) is 0 Å². The van der Waals surface area contributed by atoms with Crippen LogP contribution in [0.5, 0.6) is 0 Å². The molecule has 0 N–H and O–H groups in total. The van der Waals surface area contributed by atoms with E-state index in [1.54, 1.807) is 0 Å². The SMILES string of the molecule is C[C@]12CCC3(C=C1C=C[C@@H]1[C@@H]2CC[C@]2(C)C(=O)CC[C@@H]12)OCCO3. The van der Waals surface area contributed by atoms with Gasteiger partial charge in [0.2, 0.25) is 0 Å². The van der Waals surface area contributed by atoms with Crippen molar-refractivity contribution in [2.45, 2.75) is 58.2 Å². The third kappa shape index (κ3) is 1.83. The van der Waals surface area contributed by atoms with Gasteiger partial charge in [-0.3, -0.25) is 4.79 Å². The Labute approximate surface area is 144 Å². The molecule has 3 fully saturated rings. The molecule has 3 heteroatoms. The van der Waals surface area contributed by atoms with E-state index in [1.165, 1.54) is 12.0 Å². The summed E-state index contributed by atoms with van der Waals surface area (Å²) >= 11 is 0. The molecule has 5 aliphatic rings. The second kappa shape index (κ2) is 4.82. The maximum atomic E-state index is 12.5. The number of hydrogen-bond acceptors (Lipinski definition) is 3. The van der Waals surface area contributed by atoms with Gasteiger partial charge < -0.3 is 9.47 Å². The summed E-state index contributed by atoms with van der Waals surface area (Å²) in [5.41, 5.74) is 1.56. The lowest BCUT2D eigenvalue weighted by Crippen LogP contribution is -2.50. The minimum atomic E-state index is -0.460. The first-order valence-electron chi connectivity index (χ1n) is 9.70.